The molecule has 0 saturated carbocycles. The molecule has 1 fully saturated rings. The van der Waals surface area contributed by atoms with E-state index in [0.29, 0.717) is 19.5 Å². The molecule has 0 aliphatic carbocycles. The Kier molecular flexibility index (Phi) is 6.41. The van der Waals surface area contributed by atoms with Crippen molar-refractivity contribution in [3.05, 3.63) is 29.8 Å². The summed E-state index contributed by atoms with van der Waals surface area (Å²) in [5, 5.41) is 9.40. The van der Waals surface area contributed by atoms with Gasteiger partial charge in [0, 0.05) is 18.7 Å². The number of carbonyl (C=O) groups is 2. The average molecular weight is 382 g/mol. The molecule has 0 spiro atoms. The van der Waals surface area contributed by atoms with Crippen molar-refractivity contribution in [1.82, 2.24) is 9.62 Å². The number of carbonyl (C=O) groups excluding carboxylic acids is 1. The lowest BCUT2D eigenvalue weighted by atomic mass is 9.92. The predicted molar refractivity (Wildman–Crippen MR) is 97.3 cm³/mol. The largest absolute Gasteiger partial charge is 0.480 e. The molecule has 2 atom stereocenters. The van der Waals surface area contributed by atoms with Crippen molar-refractivity contribution >= 4 is 21.9 Å². The summed E-state index contributed by atoms with van der Waals surface area (Å²) in [7, 11) is -3.62. The van der Waals surface area contributed by atoms with Gasteiger partial charge in [-0.3, -0.25) is 4.79 Å². The van der Waals surface area contributed by atoms with Crippen LogP contribution in [0.25, 0.3) is 0 Å². The second-order valence-corrected chi connectivity index (χ2v) is 9.02. The first kappa shape index (κ1) is 20.4. The molecule has 8 heteroatoms. The van der Waals surface area contributed by atoms with Crippen LogP contribution < -0.4 is 4.72 Å². The molecule has 1 amide bonds. The van der Waals surface area contributed by atoms with E-state index in [2.05, 4.69) is 4.72 Å². The normalized spacial score (nSPS) is 21.0. The third kappa shape index (κ3) is 4.82. The zero-order chi connectivity index (χ0) is 19.5. The van der Waals surface area contributed by atoms with Crippen LogP contribution in [0.3, 0.4) is 0 Å². The monoisotopic (exact) mass is 382 g/mol. The Labute approximate surface area is 154 Å². The number of carboxylic acids is 1. The molecule has 2 unspecified atom stereocenters. The number of benzene rings is 1. The molecule has 1 aliphatic heterocycles. The molecule has 1 saturated heterocycles. The van der Waals surface area contributed by atoms with Crippen LogP contribution in [0.5, 0.6) is 0 Å². The maximum Gasteiger partial charge on any atom is 0.326 e. The van der Waals surface area contributed by atoms with Crippen LogP contribution in [-0.4, -0.2) is 49.4 Å². The first-order valence-electron chi connectivity index (χ1n) is 8.75. The Morgan fingerprint density at radius 1 is 1.27 bits per heavy atom. The van der Waals surface area contributed by atoms with Crippen molar-refractivity contribution in [1.29, 1.82) is 0 Å². The summed E-state index contributed by atoms with van der Waals surface area (Å²) >= 11 is 0. The molecule has 1 aliphatic rings. The van der Waals surface area contributed by atoms with E-state index in [1.165, 1.54) is 29.2 Å². The van der Waals surface area contributed by atoms with Gasteiger partial charge in [-0.15, -0.1) is 0 Å². The summed E-state index contributed by atoms with van der Waals surface area (Å²) in [6.07, 6.45) is 1.17. The number of aliphatic carboxylic acids is 1. The Bertz CT molecular complexity index is 758. The van der Waals surface area contributed by atoms with Gasteiger partial charge in [0.2, 0.25) is 10.0 Å². The van der Waals surface area contributed by atoms with Crippen LogP contribution in [0.1, 0.15) is 44.0 Å². The summed E-state index contributed by atoms with van der Waals surface area (Å²) in [6.45, 7) is 6.50. The van der Waals surface area contributed by atoms with E-state index < -0.39 is 22.0 Å². The Balaban J connectivity index is 2.17. The summed E-state index contributed by atoms with van der Waals surface area (Å²) in [6, 6.07) is 4.77. The van der Waals surface area contributed by atoms with Crippen LogP contribution in [0.2, 0.25) is 0 Å². The number of nitrogens with zero attached hydrogens (tertiary/aromatic N) is 1. The Morgan fingerprint density at radius 2 is 1.88 bits per heavy atom. The molecule has 0 bridgehead atoms. The molecule has 26 heavy (non-hydrogen) atoms. The zero-order valence-corrected chi connectivity index (χ0v) is 16.1. The first-order valence-corrected chi connectivity index (χ1v) is 10.2. The molecule has 144 valence electrons. The quantitative estimate of drug-likeness (QED) is 0.783. The number of likely N-dealkylation sites (tertiary alicyclic amines) is 1. The molecule has 0 radical (unpaired) electrons. The minimum atomic E-state index is -3.62. The number of carboxylic acid groups (broad SMARTS) is 1. The summed E-state index contributed by atoms with van der Waals surface area (Å²) in [5.41, 5.74) is 0.286. The third-order valence-corrected chi connectivity index (χ3v) is 5.94. The van der Waals surface area contributed by atoms with Crippen molar-refractivity contribution < 1.29 is 23.1 Å². The number of nitrogens with one attached hydrogen (secondary N) is 1. The van der Waals surface area contributed by atoms with Gasteiger partial charge in [0.25, 0.3) is 5.91 Å². The summed E-state index contributed by atoms with van der Waals surface area (Å²) in [4.78, 5) is 25.6. The van der Waals surface area contributed by atoms with Crippen molar-refractivity contribution in [2.75, 3.05) is 13.1 Å². The SMILES string of the molecule is CC(C)CNS(=O)(=O)c1ccc(C(=O)N2CCC(C)CC2C(=O)O)cc1. The van der Waals surface area contributed by atoms with E-state index in [-0.39, 0.29) is 28.2 Å². The topological polar surface area (TPSA) is 104 Å². The standard InChI is InChI=1S/C18H26N2O5S/c1-12(2)11-19-26(24,25)15-6-4-14(5-7-15)17(21)20-9-8-13(3)10-16(20)18(22)23/h4-7,12-13,16,19H,8-11H2,1-3H3,(H,22,23). The molecular formula is C18H26N2O5S. The van der Waals surface area contributed by atoms with Crippen molar-refractivity contribution in [2.45, 2.75) is 44.6 Å². The lowest BCUT2D eigenvalue weighted by molar-refractivity contribution is -0.144. The Morgan fingerprint density at radius 3 is 2.42 bits per heavy atom. The number of rotatable bonds is 6. The molecule has 2 rings (SSSR count). The van der Waals surface area contributed by atoms with Gasteiger partial charge in [0.05, 0.1) is 4.90 Å². The lowest BCUT2D eigenvalue weighted by Crippen LogP contribution is -2.49. The van der Waals surface area contributed by atoms with E-state index in [4.69, 9.17) is 0 Å². The van der Waals surface area contributed by atoms with Gasteiger partial charge in [-0.2, -0.15) is 0 Å². The molecule has 7 nitrogen and oxygen atoms in total. The van der Waals surface area contributed by atoms with Crippen LogP contribution in [0, 0.1) is 11.8 Å². The fourth-order valence-electron chi connectivity index (χ4n) is 2.92. The van der Waals surface area contributed by atoms with E-state index in [0.717, 1.165) is 6.42 Å². The minimum absolute atomic E-state index is 0.0803. The highest BCUT2D eigenvalue weighted by Crippen LogP contribution is 2.25. The molecule has 0 aromatic heterocycles. The first-order chi connectivity index (χ1) is 12.1. The maximum atomic E-state index is 12.7. The molecular weight excluding hydrogens is 356 g/mol. The van der Waals surface area contributed by atoms with Gasteiger partial charge >= 0.3 is 5.97 Å². The van der Waals surface area contributed by atoms with Gasteiger partial charge in [0.15, 0.2) is 0 Å². The number of hydrogen-bond donors (Lipinski definition) is 2. The highest BCUT2D eigenvalue weighted by Gasteiger charge is 2.35. The zero-order valence-electron chi connectivity index (χ0n) is 15.3. The molecule has 1 aromatic carbocycles. The maximum absolute atomic E-state index is 12.7. The van der Waals surface area contributed by atoms with Gasteiger partial charge in [-0.1, -0.05) is 20.8 Å². The fraction of sp³-hybridized carbons (Fsp3) is 0.556. The van der Waals surface area contributed by atoms with Gasteiger partial charge in [-0.25, -0.2) is 17.9 Å². The third-order valence-electron chi connectivity index (χ3n) is 4.50. The molecule has 1 aromatic rings. The van der Waals surface area contributed by atoms with Crippen molar-refractivity contribution in [3.8, 4) is 0 Å². The second kappa shape index (κ2) is 8.18. The van der Waals surface area contributed by atoms with E-state index >= 15 is 0 Å². The summed E-state index contributed by atoms with van der Waals surface area (Å²) in [5.74, 6) is -0.967. The minimum Gasteiger partial charge on any atom is -0.480 e. The number of piperidine rings is 1. The average Bonchev–Trinajstić information content (AvgIpc) is 2.59. The second-order valence-electron chi connectivity index (χ2n) is 7.25. The highest BCUT2D eigenvalue weighted by molar-refractivity contribution is 7.89. The van der Waals surface area contributed by atoms with Crippen LogP contribution in [0.15, 0.2) is 29.2 Å². The van der Waals surface area contributed by atoms with E-state index in [9.17, 15) is 23.1 Å². The van der Waals surface area contributed by atoms with Crippen LogP contribution in [0.4, 0.5) is 0 Å². The van der Waals surface area contributed by atoms with E-state index in [1.54, 1.807) is 0 Å². The van der Waals surface area contributed by atoms with Crippen LogP contribution >= 0.6 is 0 Å². The van der Waals surface area contributed by atoms with E-state index in [1.807, 2.05) is 20.8 Å². The van der Waals surface area contributed by atoms with Crippen LogP contribution in [-0.2, 0) is 14.8 Å². The lowest BCUT2D eigenvalue weighted by Gasteiger charge is -2.36. The van der Waals surface area contributed by atoms with Gasteiger partial charge in [-0.05, 0) is 48.9 Å². The smallest absolute Gasteiger partial charge is 0.326 e. The number of amides is 1. The number of sulfonamides is 1. The van der Waals surface area contributed by atoms with Gasteiger partial charge < -0.3 is 10.0 Å². The highest BCUT2D eigenvalue weighted by atomic mass is 32.2. The van der Waals surface area contributed by atoms with Crippen molar-refractivity contribution in [3.63, 3.8) is 0 Å². The number of hydrogen-bond acceptors (Lipinski definition) is 4. The summed E-state index contributed by atoms with van der Waals surface area (Å²) < 4.78 is 26.9. The molecule has 1 heterocycles. The molecule has 2 N–H and O–H groups in total. The van der Waals surface area contributed by atoms with Crippen molar-refractivity contribution in [2.24, 2.45) is 11.8 Å². The van der Waals surface area contributed by atoms with Gasteiger partial charge in [0.1, 0.15) is 6.04 Å². The predicted octanol–water partition coefficient (Wildman–Crippen LogP) is 1.95. The Hall–Kier alpha value is -1.93. The fourth-order valence-corrected chi connectivity index (χ4v) is 4.13.